The number of hydrogen-bond acceptors (Lipinski definition) is 2. The van der Waals surface area contributed by atoms with Gasteiger partial charge in [0.2, 0.25) is 0 Å². The molecule has 1 saturated heterocycles. The first-order chi connectivity index (χ1) is 11.6. The Bertz CT molecular complexity index is 575. The van der Waals surface area contributed by atoms with Crippen molar-refractivity contribution in [2.75, 3.05) is 19.6 Å². The summed E-state index contributed by atoms with van der Waals surface area (Å²) in [7, 11) is 0. The van der Waals surface area contributed by atoms with Gasteiger partial charge in [-0.1, -0.05) is 74.5 Å². The summed E-state index contributed by atoms with van der Waals surface area (Å²) in [5.74, 6) is 0.953. The molecule has 2 nitrogen and oxygen atoms in total. The van der Waals surface area contributed by atoms with Crippen LogP contribution in [0.15, 0.2) is 60.7 Å². The van der Waals surface area contributed by atoms with E-state index < -0.39 is 5.60 Å². The number of piperidine rings is 1. The SMILES string of the molecule is CC(C)CN1CCC(C(O)(c2ccccc2)c2ccccc2)CC1. The topological polar surface area (TPSA) is 23.5 Å². The summed E-state index contributed by atoms with van der Waals surface area (Å²) in [5.41, 5.74) is 1.13. The van der Waals surface area contributed by atoms with E-state index in [4.69, 9.17) is 0 Å². The fourth-order valence-electron chi connectivity index (χ4n) is 4.07. The summed E-state index contributed by atoms with van der Waals surface area (Å²) in [5, 5.41) is 11.8. The number of rotatable bonds is 5. The first-order valence-electron chi connectivity index (χ1n) is 9.16. The minimum Gasteiger partial charge on any atom is -0.380 e. The average molecular weight is 323 g/mol. The van der Waals surface area contributed by atoms with E-state index in [-0.39, 0.29) is 5.92 Å². The van der Waals surface area contributed by atoms with Crippen LogP contribution in [0, 0.1) is 11.8 Å². The maximum absolute atomic E-state index is 11.8. The smallest absolute Gasteiger partial charge is 0.117 e. The molecule has 1 N–H and O–H groups in total. The molecule has 1 aliphatic rings. The lowest BCUT2D eigenvalue weighted by molar-refractivity contribution is -0.0154. The number of likely N-dealkylation sites (tertiary alicyclic amines) is 1. The molecule has 0 atom stereocenters. The van der Waals surface area contributed by atoms with E-state index in [0.29, 0.717) is 5.92 Å². The average Bonchev–Trinajstić information content (AvgIpc) is 2.63. The van der Waals surface area contributed by atoms with Crippen LogP contribution in [-0.4, -0.2) is 29.6 Å². The molecule has 1 fully saturated rings. The van der Waals surface area contributed by atoms with Crippen LogP contribution in [0.5, 0.6) is 0 Å². The predicted octanol–water partition coefficient (Wildman–Crippen LogP) is 4.29. The van der Waals surface area contributed by atoms with Crippen LogP contribution < -0.4 is 0 Å². The minimum absolute atomic E-state index is 0.255. The second-order valence-electron chi connectivity index (χ2n) is 7.47. The third kappa shape index (κ3) is 3.55. The second kappa shape index (κ2) is 7.50. The molecule has 0 unspecified atom stereocenters. The van der Waals surface area contributed by atoms with Crippen LogP contribution in [0.1, 0.15) is 37.8 Å². The molecule has 0 amide bonds. The van der Waals surface area contributed by atoms with Gasteiger partial charge in [0.25, 0.3) is 0 Å². The summed E-state index contributed by atoms with van der Waals surface area (Å²) >= 11 is 0. The zero-order valence-corrected chi connectivity index (χ0v) is 14.9. The number of nitrogens with zero attached hydrogens (tertiary/aromatic N) is 1. The molecule has 1 aliphatic heterocycles. The molecule has 128 valence electrons. The van der Waals surface area contributed by atoms with Gasteiger partial charge in [-0.3, -0.25) is 0 Å². The molecule has 0 aromatic heterocycles. The highest BCUT2D eigenvalue weighted by Crippen LogP contribution is 2.41. The standard InChI is InChI=1S/C22H29NO/c1-18(2)17-23-15-13-21(14-16-23)22(24,19-9-5-3-6-10-19)20-11-7-4-8-12-20/h3-12,18,21,24H,13-17H2,1-2H3. The molecule has 1 heterocycles. The Morgan fingerprint density at radius 1 is 0.917 bits per heavy atom. The highest BCUT2D eigenvalue weighted by atomic mass is 16.3. The molecule has 2 aromatic rings. The highest BCUT2D eigenvalue weighted by molar-refractivity contribution is 5.37. The van der Waals surface area contributed by atoms with Gasteiger partial charge in [-0.2, -0.15) is 0 Å². The number of hydrogen-bond donors (Lipinski definition) is 1. The Labute approximate surface area is 146 Å². The van der Waals surface area contributed by atoms with Crippen molar-refractivity contribution in [1.29, 1.82) is 0 Å². The largest absolute Gasteiger partial charge is 0.380 e. The summed E-state index contributed by atoms with van der Waals surface area (Å²) in [6.07, 6.45) is 2.07. The van der Waals surface area contributed by atoms with Crippen molar-refractivity contribution in [3.63, 3.8) is 0 Å². The van der Waals surface area contributed by atoms with Crippen molar-refractivity contribution in [3.05, 3.63) is 71.8 Å². The zero-order chi connectivity index (χ0) is 17.0. The fourth-order valence-corrected chi connectivity index (χ4v) is 4.07. The summed E-state index contributed by atoms with van der Waals surface area (Å²) in [6, 6.07) is 20.4. The molecule has 24 heavy (non-hydrogen) atoms. The Kier molecular flexibility index (Phi) is 5.37. The van der Waals surface area contributed by atoms with Crippen molar-refractivity contribution in [2.45, 2.75) is 32.3 Å². The fraction of sp³-hybridized carbons (Fsp3) is 0.455. The lowest BCUT2D eigenvalue weighted by atomic mass is 9.72. The van der Waals surface area contributed by atoms with E-state index in [1.807, 2.05) is 36.4 Å². The Morgan fingerprint density at radius 2 is 1.38 bits per heavy atom. The third-order valence-electron chi connectivity index (χ3n) is 5.23. The van der Waals surface area contributed by atoms with Gasteiger partial charge in [0, 0.05) is 6.54 Å². The lowest BCUT2D eigenvalue weighted by Crippen LogP contribution is -2.45. The zero-order valence-electron chi connectivity index (χ0n) is 14.9. The van der Waals surface area contributed by atoms with E-state index in [2.05, 4.69) is 43.0 Å². The van der Waals surface area contributed by atoms with E-state index in [9.17, 15) is 5.11 Å². The first-order valence-corrected chi connectivity index (χ1v) is 9.16. The molecule has 0 spiro atoms. The lowest BCUT2D eigenvalue weighted by Gasteiger charge is -2.42. The van der Waals surface area contributed by atoms with Crippen molar-refractivity contribution in [2.24, 2.45) is 11.8 Å². The molecule has 0 saturated carbocycles. The molecular formula is C22H29NO. The molecule has 3 rings (SSSR count). The second-order valence-corrected chi connectivity index (χ2v) is 7.47. The Balaban J connectivity index is 1.87. The van der Waals surface area contributed by atoms with Gasteiger partial charge in [-0.25, -0.2) is 0 Å². The van der Waals surface area contributed by atoms with E-state index in [0.717, 1.165) is 43.6 Å². The summed E-state index contributed by atoms with van der Waals surface area (Å²) < 4.78 is 0. The van der Waals surface area contributed by atoms with Gasteiger partial charge in [-0.05, 0) is 48.9 Å². The van der Waals surface area contributed by atoms with Crippen LogP contribution >= 0.6 is 0 Å². The Morgan fingerprint density at radius 3 is 1.79 bits per heavy atom. The normalized spacial score (nSPS) is 17.3. The molecule has 0 radical (unpaired) electrons. The van der Waals surface area contributed by atoms with Crippen molar-refractivity contribution >= 4 is 0 Å². The highest BCUT2D eigenvalue weighted by Gasteiger charge is 2.41. The summed E-state index contributed by atoms with van der Waals surface area (Å²) in [6.45, 7) is 7.85. The van der Waals surface area contributed by atoms with Crippen molar-refractivity contribution < 1.29 is 5.11 Å². The van der Waals surface area contributed by atoms with Crippen LogP contribution in [0.25, 0.3) is 0 Å². The van der Waals surface area contributed by atoms with E-state index in [1.54, 1.807) is 0 Å². The predicted molar refractivity (Wildman–Crippen MR) is 99.9 cm³/mol. The number of benzene rings is 2. The summed E-state index contributed by atoms with van der Waals surface area (Å²) in [4.78, 5) is 2.54. The molecular weight excluding hydrogens is 294 g/mol. The molecule has 0 bridgehead atoms. The van der Waals surface area contributed by atoms with Crippen molar-refractivity contribution in [3.8, 4) is 0 Å². The third-order valence-corrected chi connectivity index (χ3v) is 5.23. The molecule has 2 aromatic carbocycles. The van der Waals surface area contributed by atoms with Gasteiger partial charge in [0.05, 0.1) is 0 Å². The van der Waals surface area contributed by atoms with E-state index >= 15 is 0 Å². The van der Waals surface area contributed by atoms with Crippen LogP contribution in [-0.2, 0) is 5.60 Å². The van der Waals surface area contributed by atoms with E-state index in [1.165, 1.54) is 0 Å². The monoisotopic (exact) mass is 323 g/mol. The molecule has 0 aliphatic carbocycles. The minimum atomic E-state index is -0.896. The van der Waals surface area contributed by atoms with Gasteiger partial charge in [0.15, 0.2) is 0 Å². The quantitative estimate of drug-likeness (QED) is 0.887. The van der Waals surface area contributed by atoms with Gasteiger partial charge in [-0.15, -0.1) is 0 Å². The van der Waals surface area contributed by atoms with Crippen LogP contribution in [0.4, 0.5) is 0 Å². The number of aliphatic hydroxyl groups is 1. The van der Waals surface area contributed by atoms with Gasteiger partial charge < -0.3 is 10.0 Å². The van der Waals surface area contributed by atoms with Gasteiger partial charge >= 0.3 is 0 Å². The first kappa shape index (κ1) is 17.2. The molecule has 2 heteroatoms. The maximum atomic E-state index is 11.8. The van der Waals surface area contributed by atoms with Crippen molar-refractivity contribution in [1.82, 2.24) is 4.90 Å². The maximum Gasteiger partial charge on any atom is 0.117 e. The Hall–Kier alpha value is -1.64. The van der Waals surface area contributed by atoms with Gasteiger partial charge in [0.1, 0.15) is 5.60 Å². The van der Waals surface area contributed by atoms with Crippen LogP contribution in [0.2, 0.25) is 0 Å². The van der Waals surface area contributed by atoms with Crippen LogP contribution in [0.3, 0.4) is 0 Å².